The first kappa shape index (κ1) is 21.9. The molecule has 2 heterocycles. The zero-order valence-electron chi connectivity index (χ0n) is 21.2. The molecule has 0 unspecified atom stereocenters. The van der Waals surface area contributed by atoms with Crippen LogP contribution in [0.25, 0.3) is 22.3 Å². The monoisotopic (exact) mass is 479 g/mol. The van der Waals surface area contributed by atoms with Gasteiger partial charge in [0.2, 0.25) is 0 Å². The van der Waals surface area contributed by atoms with Crippen LogP contribution in [0.3, 0.4) is 0 Å². The number of benzene rings is 4. The lowest BCUT2D eigenvalue weighted by atomic mass is 9.73. The van der Waals surface area contributed by atoms with Crippen LogP contribution in [-0.2, 0) is 5.41 Å². The van der Waals surface area contributed by atoms with E-state index in [0.29, 0.717) is 0 Å². The highest BCUT2D eigenvalue weighted by Crippen LogP contribution is 2.51. The quantitative estimate of drug-likeness (QED) is 0.258. The van der Waals surface area contributed by atoms with Crippen LogP contribution in [0, 0.1) is 0 Å². The highest BCUT2D eigenvalue weighted by atomic mass is 15.2. The van der Waals surface area contributed by atoms with Gasteiger partial charge >= 0.3 is 0 Å². The Balaban J connectivity index is 1.45. The highest BCUT2D eigenvalue weighted by molar-refractivity contribution is 5.87. The standard InChI is InChI=1S/C34H29N3/c1-34(2)27-17-6-9-20-30(27)36(31-21-10-7-18-28(31)34)25-15-12-16-26(23-25)37-32-22-11-8-19-29(32)35-33(37)24-13-4-3-5-14-24/h3-4,6-13,15-23H,5,14H2,1-2H3. The highest BCUT2D eigenvalue weighted by Gasteiger charge is 2.36. The van der Waals surface area contributed by atoms with E-state index in [1.165, 1.54) is 28.1 Å². The molecule has 0 amide bonds. The first-order chi connectivity index (χ1) is 18.1. The molecule has 0 bridgehead atoms. The van der Waals surface area contributed by atoms with Gasteiger partial charge in [0.1, 0.15) is 5.82 Å². The number of hydrogen-bond donors (Lipinski definition) is 0. The molecule has 0 fully saturated rings. The molecule has 7 rings (SSSR count). The Morgan fingerprint density at radius 2 is 1.41 bits per heavy atom. The fraction of sp³-hybridized carbons (Fsp3) is 0.147. The van der Waals surface area contributed by atoms with E-state index in [9.17, 15) is 0 Å². The number of rotatable bonds is 3. The first-order valence-corrected chi connectivity index (χ1v) is 13.1. The second-order valence-electron chi connectivity index (χ2n) is 10.4. The molecule has 5 aromatic rings. The van der Waals surface area contributed by atoms with E-state index in [-0.39, 0.29) is 5.41 Å². The predicted octanol–water partition coefficient (Wildman–Crippen LogP) is 8.87. The summed E-state index contributed by atoms with van der Waals surface area (Å²) in [7, 11) is 0. The van der Waals surface area contributed by atoms with Crippen molar-refractivity contribution in [3.63, 3.8) is 0 Å². The third kappa shape index (κ3) is 3.38. The minimum Gasteiger partial charge on any atom is -0.310 e. The van der Waals surface area contributed by atoms with Crippen molar-refractivity contribution in [2.24, 2.45) is 0 Å². The van der Waals surface area contributed by atoms with Gasteiger partial charge < -0.3 is 4.90 Å². The smallest absolute Gasteiger partial charge is 0.141 e. The Bertz CT molecular complexity index is 1670. The maximum absolute atomic E-state index is 5.09. The lowest BCUT2D eigenvalue weighted by molar-refractivity contribution is 0.632. The summed E-state index contributed by atoms with van der Waals surface area (Å²) in [6.07, 6.45) is 8.64. The van der Waals surface area contributed by atoms with Crippen molar-refractivity contribution in [1.29, 1.82) is 0 Å². The summed E-state index contributed by atoms with van der Waals surface area (Å²) in [5.41, 5.74) is 10.8. The van der Waals surface area contributed by atoms with E-state index in [2.05, 4.69) is 139 Å². The summed E-state index contributed by atoms with van der Waals surface area (Å²) in [6.45, 7) is 4.66. The summed E-state index contributed by atoms with van der Waals surface area (Å²) in [5, 5.41) is 0. The molecule has 0 spiro atoms. The van der Waals surface area contributed by atoms with Crippen molar-refractivity contribution >= 4 is 33.7 Å². The second-order valence-corrected chi connectivity index (χ2v) is 10.4. The van der Waals surface area contributed by atoms with Crippen molar-refractivity contribution in [3.05, 3.63) is 132 Å². The van der Waals surface area contributed by atoms with Gasteiger partial charge in [-0.15, -0.1) is 0 Å². The molecule has 0 saturated carbocycles. The molecule has 1 aliphatic carbocycles. The predicted molar refractivity (Wildman–Crippen MR) is 154 cm³/mol. The minimum absolute atomic E-state index is 0.0734. The fourth-order valence-corrected chi connectivity index (χ4v) is 6.01. The molecule has 3 heteroatoms. The molecule has 1 aromatic heterocycles. The number of nitrogens with zero attached hydrogens (tertiary/aromatic N) is 3. The summed E-state index contributed by atoms with van der Waals surface area (Å²) in [6, 6.07) is 35.0. The van der Waals surface area contributed by atoms with Crippen molar-refractivity contribution in [1.82, 2.24) is 9.55 Å². The molecule has 0 radical (unpaired) electrons. The number of para-hydroxylation sites is 4. The Morgan fingerprint density at radius 3 is 2.14 bits per heavy atom. The molecule has 180 valence electrons. The van der Waals surface area contributed by atoms with Crippen LogP contribution >= 0.6 is 0 Å². The summed E-state index contributed by atoms with van der Waals surface area (Å²) < 4.78 is 2.33. The Kier molecular flexibility index (Phi) is 4.93. The molecule has 1 aliphatic heterocycles. The van der Waals surface area contributed by atoms with Crippen LogP contribution in [0.2, 0.25) is 0 Å². The average Bonchev–Trinajstić information content (AvgIpc) is 3.34. The van der Waals surface area contributed by atoms with Gasteiger partial charge in [-0.3, -0.25) is 4.57 Å². The van der Waals surface area contributed by atoms with Crippen molar-refractivity contribution < 1.29 is 0 Å². The Hall–Kier alpha value is -4.37. The van der Waals surface area contributed by atoms with Gasteiger partial charge in [-0.2, -0.15) is 0 Å². The molecule has 0 saturated heterocycles. The fourth-order valence-electron chi connectivity index (χ4n) is 6.01. The van der Waals surface area contributed by atoms with Crippen LogP contribution in [0.5, 0.6) is 0 Å². The summed E-state index contributed by atoms with van der Waals surface area (Å²) in [4.78, 5) is 7.51. The SMILES string of the molecule is CC1(C)c2ccccc2N(c2cccc(-n3c(C4=CC=CCC4)nc4ccccc43)c2)c2ccccc21. The second kappa shape index (κ2) is 8.35. The summed E-state index contributed by atoms with van der Waals surface area (Å²) >= 11 is 0. The summed E-state index contributed by atoms with van der Waals surface area (Å²) in [5.74, 6) is 1.03. The normalized spacial score (nSPS) is 15.8. The number of hydrogen-bond acceptors (Lipinski definition) is 2. The van der Waals surface area contributed by atoms with Gasteiger partial charge in [0, 0.05) is 16.8 Å². The van der Waals surface area contributed by atoms with Gasteiger partial charge in [0.25, 0.3) is 0 Å². The first-order valence-electron chi connectivity index (χ1n) is 13.1. The third-order valence-corrected chi connectivity index (χ3v) is 7.84. The molecular weight excluding hydrogens is 450 g/mol. The Labute approximate surface area is 218 Å². The van der Waals surface area contributed by atoms with E-state index in [0.717, 1.165) is 41.1 Å². The lowest BCUT2D eigenvalue weighted by Gasteiger charge is -2.42. The topological polar surface area (TPSA) is 21.1 Å². The third-order valence-electron chi connectivity index (χ3n) is 7.84. The Morgan fingerprint density at radius 1 is 0.730 bits per heavy atom. The molecule has 2 aliphatic rings. The van der Waals surface area contributed by atoms with Gasteiger partial charge in [-0.25, -0.2) is 4.98 Å². The number of allylic oxidation sites excluding steroid dienone is 4. The number of fused-ring (bicyclic) bond motifs is 3. The van der Waals surface area contributed by atoms with E-state index in [4.69, 9.17) is 4.98 Å². The molecule has 37 heavy (non-hydrogen) atoms. The largest absolute Gasteiger partial charge is 0.310 e. The lowest BCUT2D eigenvalue weighted by Crippen LogP contribution is -2.30. The van der Waals surface area contributed by atoms with Gasteiger partial charge in [0.05, 0.1) is 22.4 Å². The van der Waals surface area contributed by atoms with Crippen molar-refractivity contribution in [2.75, 3.05) is 4.90 Å². The molecule has 4 aromatic carbocycles. The number of anilines is 3. The minimum atomic E-state index is -0.0734. The van der Waals surface area contributed by atoms with Crippen LogP contribution in [-0.4, -0.2) is 9.55 Å². The average molecular weight is 480 g/mol. The molecular formula is C34H29N3. The molecule has 0 atom stereocenters. The van der Waals surface area contributed by atoms with E-state index >= 15 is 0 Å². The van der Waals surface area contributed by atoms with Gasteiger partial charge in [-0.1, -0.05) is 86.7 Å². The van der Waals surface area contributed by atoms with Crippen molar-refractivity contribution in [2.45, 2.75) is 32.1 Å². The van der Waals surface area contributed by atoms with Crippen LogP contribution in [0.15, 0.2) is 115 Å². The van der Waals surface area contributed by atoms with Gasteiger partial charge in [0.15, 0.2) is 0 Å². The maximum Gasteiger partial charge on any atom is 0.141 e. The van der Waals surface area contributed by atoms with E-state index < -0.39 is 0 Å². The number of imidazole rings is 1. The molecule has 0 N–H and O–H groups in total. The molecule has 3 nitrogen and oxygen atoms in total. The van der Waals surface area contributed by atoms with Crippen LogP contribution in [0.1, 0.15) is 43.6 Å². The van der Waals surface area contributed by atoms with Crippen LogP contribution < -0.4 is 4.90 Å². The maximum atomic E-state index is 5.09. The van der Waals surface area contributed by atoms with E-state index in [1.807, 2.05) is 0 Å². The van der Waals surface area contributed by atoms with E-state index in [1.54, 1.807) is 0 Å². The zero-order valence-corrected chi connectivity index (χ0v) is 21.2. The van der Waals surface area contributed by atoms with Crippen LogP contribution in [0.4, 0.5) is 17.1 Å². The van der Waals surface area contributed by atoms with Crippen molar-refractivity contribution in [3.8, 4) is 5.69 Å². The van der Waals surface area contributed by atoms with Gasteiger partial charge in [-0.05, 0) is 72.0 Å². The zero-order chi connectivity index (χ0) is 25.0. The number of aromatic nitrogens is 2.